The molecular weight excluding hydrogens is 376 g/mol. The van der Waals surface area contributed by atoms with Gasteiger partial charge in [-0.05, 0) is 21.9 Å². The second kappa shape index (κ2) is 7.47. The number of rotatable bonds is 5. The molecule has 0 aliphatic carbocycles. The van der Waals surface area contributed by atoms with Crippen LogP contribution in [0.2, 0.25) is 0 Å². The summed E-state index contributed by atoms with van der Waals surface area (Å²) in [6, 6.07) is 16.5. The smallest absolute Gasteiger partial charge is 0.205 e. The molecule has 0 saturated heterocycles. The van der Waals surface area contributed by atoms with Crippen LogP contribution >= 0.6 is 0 Å². The molecule has 8 nitrogen and oxygen atoms in total. The van der Waals surface area contributed by atoms with Gasteiger partial charge >= 0.3 is 0 Å². The first kappa shape index (κ1) is 18.1. The van der Waals surface area contributed by atoms with Gasteiger partial charge in [0.25, 0.3) is 0 Å². The molecule has 0 spiro atoms. The number of imidazole rings is 1. The lowest BCUT2D eigenvalue weighted by atomic mass is 9.95. The Morgan fingerprint density at radius 2 is 1.63 bits per heavy atom. The van der Waals surface area contributed by atoms with Crippen LogP contribution in [0.25, 0.3) is 33.5 Å². The van der Waals surface area contributed by atoms with Crippen molar-refractivity contribution in [3.05, 3.63) is 72.3 Å². The van der Waals surface area contributed by atoms with Crippen molar-refractivity contribution in [2.24, 2.45) is 0 Å². The Kier molecular flexibility index (Phi) is 4.51. The number of aromatic nitrogens is 8. The van der Waals surface area contributed by atoms with Crippen LogP contribution in [-0.2, 0) is 6.54 Å². The highest BCUT2D eigenvalue weighted by atomic mass is 15.5. The normalized spacial score (nSPS) is 11.4. The third kappa shape index (κ3) is 3.12. The molecule has 5 aromatic rings. The van der Waals surface area contributed by atoms with E-state index in [1.54, 1.807) is 12.4 Å². The van der Waals surface area contributed by atoms with E-state index in [4.69, 9.17) is 4.98 Å². The highest BCUT2D eigenvalue weighted by molar-refractivity contribution is 5.82. The fourth-order valence-electron chi connectivity index (χ4n) is 3.80. The SMILES string of the molecule is CC(C)c1nc2cnncc2n1Cc1ccccc1-c1ccccc1-c1nn[nH]n1. The molecule has 2 aromatic carbocycles. The van der Waals surface area contributed by atoms with Gasteiger partial charge in [0.2, 0.25) is 5.82 Å². The van der Waals surface area contributed by atoms with Crippen LogP contribution < -0.4 is 0 Å². The van der Waals surface area contributed by atoms with Crippen molar-refractivity contribution in [3.63, 3.8) is 0 Å². The first-order valence-corrected chi connectivity index (χ1v) is 9.80. The van der Waals surface area contributed by atoms with Crippen LogP contribution in [0.5, 0.6) is 0 Å². The molecular formula is C22H20N8. The van der Waals surface area contributed by atoms with Gasteiger partial charge in [-0.2, -0.15) is 15.4 Å². The summed E-state index contributed by atoms with van der Waals surface area (Å²) in [7, 11) is 0. The number of hydrogen-bond acceptors (Lipinski definition) is 6. The average molecular weight is 396 g/mol. The van der Waals surface area contributed by atoms with Gasteiger partial charge in [-0.3, -0.25) is 0 Å². The quantitative estimate of drug-likeness (QED) is 0.485. The van der Waals surface area contributed by atoms with E-state index < -0.39 is 0 Å². The summed E-state index contributed by atoms with van der Waals surface area (Å²) in [6.07, 6.45) is 3.50. The fraction of sp³-hybridized carbons (Fsp3) is 0.182. The van der Waals surface area contributed by atoms with Gasteiger partial charge in [0.1, 0.15) is 11.3 Å². The van der Waals surface area contributed by atoms with Crippen LogP contribution in [0.15, 0.2) is 60.9 Å². The number of nitrogens with zero attached hydrogens (tertiary/aromatic N) is 7. The maximum absolute atomic E-state index is 4.80. The monoisotopic (exact) mass is 396 g/mol. The Morgan fingerprint density at radius 3 is 2.40 bits per heavy atom. The predicted octanol–water partition coefficient (Wildman–Crippen LogP) is 3.85. The zero-order valence-electron chi connectivity index (χ0n) is 16.7. The molecule has 0 fully saturated rings. The molecule has 0 aliphatic rings. The molecule has 30 heavy (non-hydrogen) atoms. The zero-order valence-corrected chi connectivity index (χ0v) is 16.7. The van der Waals surface area contributed by atoms with E-state index in [1.807, 2.05) is 24.3 Å². The molecule has 3 aromatic heterocycles. The van der Waals surface area contributed by atoms with Crippen molar-refractivity contribution >= 4 is 11.0 Å². The third-order valence-electron chi connectivity index (χ3n) is 5.16. The lowest BCUT2D eigenvalue weighted by Gasteiger charge is -2.16. The molecule has 0 saturated carbocycles. The molecule has 0 radical (unpaired) electrons. The van der Waals surface area contributed by atoms with E-state index in [2.05, 4.69) is 73.5 Å². The Morgan fingerprint density at radius 1 is 0.900 bits per heavy atom. The first-order chi connectivity index (χ1) is 14.7. The van der Waals surface area contributed by atoms with Gasteiger partial charge in [0, 0.05) is 11.5 Å². The molecule has 148 valence electrons. The van der Waals surface area contributed by atoms with Crippen LogP contribution in [0, 0.1) is 0 Å². The van der Waals surface area contributed by atoms with Gasteiger partial charge in [0.15, 0.2) is 0 Å². The molecule has 1 N–H and O–H groups in total. The Labute approximate surface area is 173 Å². The van der Waals surface area contributed by atoms with Gasteiger partial charge in [0.05, 0.1) is 24.5 Å². The minimum atomic E-state index is 0.274. The second-order valence-electron chi connectivity index (χ2n) is 7.41. The van der Waals surface area contributed by atoms with Gasteiger partial charge in [-0.25, -0.2) is 4.98 Å². The first-order valence-electron chi connectivity index (χ1n) is 9.80. The van der Waals surface area contributed by atoms with E-state index in [0.29, 0.717) is 12.4 Å². The molecule has 8 heteroatoms. The van der Waals surface area contributed by atoms with Crippen molar-refractivity contribution in [2.75, 3.05) is 0 Å². The van der Waals surface area contributed by atoms with Crippen LogP contribution in [0.3, 0.4) is 0 Å². The van der Waals surface area contributed by atoms with Crippen molar-refractivity contribution < 1.29 is 0 Å². The molecule has 0 bridgehead atoms. The minimum absolute atomic E-state index is 0.274. The number of aromatic amines is 1. The molecule has 5 rings (SSSR count). The van der Waals surface area contributed by atoms with Crippen LogP contribution in [-0.4, -0.2) is 40.4 Å². The Hall–Kier alpha value is -3.94. The summed E-state index contributed by atoms with van der Waals surface area (Å²) in [6.45, 7) is 4.97. The number of nitrogens with one attached hydrogen (secondary N) is 1. The molecule has 0 amide bonds. The number of tetrazole rings is 1. The maximum atomic E-state index is 4.80. The van der Waals surface area contributed by atoms with Crippen LogP contribution in [0.1, 0.15) is 31.2 Å². The van der Waals surface area contributed by atoms with E-state index in [-0.39, 0.29) is 5.92 Å². The van der Waals surface area contributed by atoms with Gasteiger partial charge in [-0.1, -0.05) is 62.4 Å². The van der Waals surface area contributed by atoms with Crippen molar-refractivity contribution in [1.82, 2.24) is 40.4 Å². The summed E-state index contributed by atoms with van der Waals surface area (Å²) in [5, 5.41) is 22.7. The van der Waals surface area contributed by atoms with E-state index >= 15 is 0 Å². The number of hydrogen-bond donors (Lipinski definition) is 1. The Balaban J connectivity index is 1.66. The third-order valence-corrected chi connectivity index (χ3v) is 5.16. The summed E-state index contributed by atoms with van der Waals surface area (Å²) in [5.74, 6) is 1.86. The van der Waals surface area contributed by atoms with Crippen molar-refractivity contribution in [1.29, 1.82) is 0 Å². The molecule has 0 unspecified atom stereocenters. The number of fused-ring (bicyclic) bond motifs is 1. The van der Waals surface area contributed by atoms with Gasteiger partial charge in [-0.15, -0.1) is 10.2 Å². The maximum Gasteiger partial charge on any atom is 0.205 e. The summed E-state index contributed by atoms with van der Waals surface area (Å²) in [5.41, 5.74) is 6.13. The van der Waals surface area contributed by atoms with Crippen molar-refractivity contribution in [3.8, 4) is 22.5 Å². The van der Waals surface area contributed by atoms with E-state index in [1.165, 1.54) is 5.56 Å². The Bertz CT molecular complexity index is 1300. The molecule has 0 atom stereocenters. The van der Waals surface area contributed by atoms with Crippen molar-refractivity contribution in [2.45, 2.75) is 26.3 Å². The molecule has 0 aliphatic heterocycles. The number of benzene rings is 2. The highest BCUT2D eigenvalue weighted by Crippen LogP contribution is 2.33. The predicted molar refractivity (Wildman–Crippen MR) is 114 cm³/mol. The van der Waals surface area contributed by atoms with Crippen LogP contribution in [0.4, 0.5) is 0 Å². The minimum Gasteiger partial charge on any atom is -0.322 e. The topological polar surface area (TPSA) is 98.1 Å². The number of H-pyrrole nitrogens is 1. The largest absolute Gasteiger partial charge is 0.322 e. The summed E-state index contributed by atoms with van der Waals surface area (Å²) < 4.78 is 2.23. The average Bonchev–Trinajstić information content (AvgIpc) is 3.43. The standard InChI is InChI=1S/C22H20N8/c1-14(2)22-25-19-11-23-24-12-20(19)30(22)13-15-7-3-4-8-16(15)17-9-5-6-10-18(17)21-26-28-29-27-21/h3-12,14H,13H2,1-2H3,(H,26,27,28,29). The second-order valence-corrected chi connectivity index (χ2v) is 7.41. The van der Waals surface area contributed by atoms with Gasteiger partial charge < -0.3 is 4.57 Å². The van der Waals surface area contributed by atoms with E-state index in [9.17, 15) is 0 Å². The zero-order chi connectivity index (χ0) is 20.5. The lowest BCUT2D eigenvalue weighted by Crippen LogP contribution is -2.08. The highest BCUT2D eigenvalue weighted by Gasteiger charge is 2.18. The van der Waals surface area contributed by atoms with E-state index in [0.717, 1.165) is 33.5 Å². The molecule has 3 heterocycles. The lowest BCUT2D eigenvalue weighted by molar-refractivity contribution is 0.683. The summed E-state index contributed by atoms with van der Waals surface area (Å²) in [4.78, 5) is 4.80. The fourth-order valence-corrected chi connectivity index (χ4v) is 3.80. The summed E-state index contributed by atoms with van der Waals surface area (Å²) >= 11 is 0.